The van der Waals surface area contributed by atoms with Gasteiger partial charge in [-0.3, -0.25) is 19.4 Å². The lowest BCUT2D eigenvalue weighted by Gasteiger charge is -2.71. The summed E-state index contributed by atoms with van der Waals surface area (Å²) in [7, 11) is 0. The minimum absolute atomic E-state index is 0.0469. The van der Waals surface area contributed by atoms with Gasteiger partial charge in [0.05, 0.1) is 5.02 Å². The number of nitrogens with zero attached hydrogens (tertiary/aromatic N) is 1. The molecular formula is C24H22ClF3N4O4. The Labute approximate surface area is 208 Å². The van der Waals surface area contributed by atoms with Crippen molar-refractivity contribution in [3.63, 3.8) is 0 Å². The molecule has 1 aromatic carbocycles. The van der Waals surface area contributed by atoms with E-state index in [1.54, 1.807) is 0 Å². The first-order chi connectivity index (χ1) is 16.9. The van der Waals surface area contributed by atoms with Gasteiger partial charge in [-0.2, -0.15) is 0 Å². The van der Waals surface area contributed by atoms with E-state index in [4.69, 9.17) is 22.1 Å². The number of aromatic nitrogens is 1. The molecule has 4 saturated carbocycles. The van der Waals surface area contributed by atoms with Crippen molar-refractivity contribution in [2.24, 2.45) is 5.73 Å². The van der Waals surface area contributed by atoms with E-state index in [0.717, 1.165) is 6.07 Å². The van der Waals surface area contributed by atoms with Crippen molar-refractivity contribution in [2.45, 2.75) is 55.0 Å². The average Bonchev–Trinajstić information content (AvgIpc) is 2.74. The highest BCUT2D eigenvalue weighted by Gasteiger charge is 2.70. The number of carbonyl (C=O) groups is 3. The molecule has 0 spiro atoms. The van der Waals surface area contributed by atoms with E-state index in [-0.39, 0.29) is 28.6 Å². The van der Waals surface area contributed by atoms with Crippen molar-refractivity contribution in [3.8, 4) is 5.75 Å². The molecule has 3 amide bonds. The Morgan fingerprint density at radius 3 is 2.47 bits per heavy atom. The summed E-state index contributed by atoms with van der Waals surface area (Å²) in [6.07, 6.45) is 1.73. The van der Waals surface area contributed by atoms with Crippen molar-refractivity contribution in [1.29, 1.82) is 0 Å². The minimum atomic E-state index is -2.79. The van der Waals surface area contributed by atoms with Crippen LogP contribution in [0.1, 0.15) is 58.5 Å². The summed E-state index contributed by atoms with van der Waals surface area (Å²) < 4.78 is 45.3. The Bertz CT molecular complexity index is 1260. The average molecular weight is 523 g/mol. The number of primary amides is 1. The number of ether oxygens (including phenoxy) is 1. The zero-order chi connectivity index (χ0) is 25.9. The maximum atomic E-state index is 13.5. The second-order valence-electron chi connectivity index (χ2n) is 9.88. The number of nitrogens with one attached hydrogen (secondary N) is 2. The van der Waals surface area contributed by atoms with Crippen LogP contribution < -0.4 is 21.1 Å². The molecule has 1 aromatic heterocycles. The molecule has 0 atom stereocenters. The fourth-order valence-electron chi connectivity index (χ4n) is 5.63. The first-order valence-electron chi connectivity index (χ1n) is 11.3. The van der Waals surface area contributed by atoms with Gasteiger partial charge in [-0.15, -0.1) is 0 Å². The lowest BCUT2D eigenvalue weighted by molar-refractivity contribution is -0.140. The number of benzene rings is 1. The van der Waals surface area contributed by atoms with Crippen molar-refractivity contribution in [2.75, 3.05) is 6.61 Å². The first-order valence-corrected chi connectivity index (χ1v) is 11.7. The minimum Gasteiger partial charge on any atom is -0.484 e. The third kappa shape index (κ3) is 4.25. The number of hydrogen-bond acceptors (Lipinski definition) is 5. The second kappa shape index (κ2) is 8.36. The summed E-state index contributed by atoms with van der Waals surface area (Å²) >= 11 is 5.63. The van der Waals surface area contributed by atoms with Gasteiger partial charge in [0.2, 0.25) is 0 Å². The van der Waals surface area contributed by atoms with Gasteiger partial charge in [-0.25, -0.2) is 13.2 Å². The first kappa shape index (κ1) is 24.4. The number of rotatable bonds is 8. The smallest absolute Gasteiger partial charge is 0.267 e. The van der Waals surface area contributed by atoms with E-state index in [1.165, 1.54) is 24.4 Å². The number of halogens is 4. The Kier molecular flexibility index (Phi) is 5.66. The van der Waals surface area contributed by atoms with E-state index in [1.807, 2.05) is 0 Å². The van der Waals surface area contributed by atoms with Crippen LogP contribution in [0.4, 0.5) is 13.2 Å². The molecule has 4 aliphatic carbocycles. The molecule has 190 valence electrons. The fourth-order valence-corrected chi connectivity index (χ4v) is 5.75. The highest BCUT2D eigenvalue weighted by Crippen LogP contribution is 2.68. The highest BCUT2D eigenvalue weighted by atomic mass is 35.5. The zero-order valence-electron chi connectivity index (χ0n) is 18.9. The van der Waals surface area contributed by atoms with Gasteiger partial charge in [0.15, 0.2) is 6.61 Å². The van der Waals surface area contributed by atoms with E-state index in [0.29, 0.717) is 24.8 Å². The molecule has 8 nitrogen and oxygen atoms in total. The largest absolute Gasteiger partial charge is 0.484 e. The van der Waals surface area contributed by atoms with E-state index < -0.39 is 59.3 Å². The van der Waals surface area contributed by atoms with Gasteiger partial charge >= 0.3 is 0 Å². The molecule has 0 saturated heterocycles. The van der Waals surface area contributed by atoms with Crippen LogP contribution in [0, 0.1) is 5.82 Å². The molecule has 1 heterocycles. The SMILES string of the molecule is NC(=O)c1nccc(C(=O)NC2CC(F)(F)C2)c1C12CC(NC(=O)COc3ccc(Cl)c(F)c3)(C1)C2. The molecule has 12 heteroatoms. The Morgan fingerprint density at radius 1 is 1.17 bits per heavy atom. The van der Waals surface area contributed by atoms with Crippen molar-refractivity contribution < 1.29 is 32.3 Å². The van der Waals surface area contributed by atoms with Gasteiger partial charge in [-0.1, -0.05) is 11.6 Å². The lowest BCUT2D eigenvalue weighted by Crippen LogP contribution is -2.77. The van der Waals surface area contributed by atoms with Crippen LogP contribution in [0.5, 0.6) is 5.75 Å². The third-order valence-corrected chi connectivity index (χ3v) is 7.39. The van der Waals surface area contributed by atoms with Crippen LogP contribution in [0.15, 0.2) is 30.5 Å². The maximum Gasteiger partial charge on any atom is 0.267 e. The summed E-state index contributed by atoms with van der Waals surface area (Å²) in [6, 6.07) is 4.64. The summed E-state index contributed by atoms with van der Waals surface area (Å²) in [5.41, 5.74) is 4.89. The number of amides is 3. The standard InChI is InChI=1S/C24H22ClF3N4O4/c25-15-2-1-13(5-16(15)26)36-8-17(33)32-23-9-22(10-23,11-23)18-14(3-4-30-19(18)20(29)34)21(35)31-12-6-24(27,28)7-12/h1-5,12H,6-11H2,(H2,29,34)(H,31,35)(H,32,33). The number of carbonyl (C=O) groups excluding carboxylic acids is 3. The van der Waals surface area contributed by atoms with Crippen molar-refractivity contribution in [1.82, 2.24) is 15.6 Å². The van der Waals surface area contributed by atoms with Crippen LogP contribution in [0.3, 0.4) is 0 Å². The normalized spacial score (nSPS) is 25.6. The van der Waals surface area contributed by atoms with E-state index >= 15 is 0 Å². The molecule has 0 unspecified atom stereocenters. The molecule has 4 aliphatic rings. The van der Waals surface area contributed by atoms with Crippen LogP contribution in [-0.2, 0) is 10.2 Å². The molecule has 2 bridgehead atoms. The topological polar surface area (TPSA) is 123 Å². The molecular weight excluding hydrogens is 501 g/mol. The Morgan fingerprint density at radius 2 is 1.86 bits per heavy atom. The van der Waals surface area contributed by atoms with Gasteiger partial charge in [0, 0.05) is 53.2 Å². The molecule has 4 fully saturated rings. The number of hydrogen-bond donors (Lipinski definition) is 3. The molecule has 6 rings (SSSR count). The zero-order valence-corrected chi connectivity index (χ0v) is 19.6. The second-order valence-corrected chi connectivity index (χ2v) is 10.3. The predicted molar refractivity (Wildman–Crippen MR) is 121 cm³/mol. The van der Waals surface area contributed by atoms with Gasteiger partial charge in [-0.05, 0) is 37.5 Å². The molecule has 36 heavy (non-hydrogen) atoms. The van der Waals surface area contributed by atoms with Crippen LogP contribution in [0.2, 0.25) is 5.02 Å². The summed E-state index contributed by atoms with van der Waals surface area (Å²) in [5.74, 6) is -5.08. The van der Waals surface area contributed by atoms with Crippen LogP contribution >= 0.6 is 11.6 Å². The summed E-state index contributed by atoms with van der Waals surface area (Å²) in [4.78, 5) is 41.5. The monoisotopic (exact) mass is 522 g/mol. The summed E-state index contributed by atoms with van der Waals surface area (Å²) in [5, 5.41) is 5.44. The van der Waals surface area contributed by atoms with Gasteiger partial charge < -0.3 is 21.1 Å². The number of alkyl halides is 2. The molecule has 4 N–H and O–H groups in total. The molecule has 0 aliphatic heterocycles. The molecule has 0 radical (unpaired) electrons. The van der Waals surface area contributed by atoms with E-state index in [9.17, 15) is 27.6 Å². The van der Waals surface area contributed by atoms with Crippen LogP contribution in [-0.4, -0.2) is 46.8 Å². The molecule has 2 aromatic rings. The van der Waals surface area contributed by atoms with Crippen molar-refractivity contribution in [3.05, 3.63) is 58.1 Å². The Hall–Kier alpha value is -3.34. The number of pyridine rings is 1. The van der Waals surface area contributed by atoms with Gasteiger partial charge in [0.25, 0.3) is 23.6 Å². The van der Waals surface area contributed by atoms with Gasteiger partial charge in [0.1, 0.15) is 17.3 Å². The lowest BCUT2D eigenvalue weighted by atomic mass is 9.37. The maximum absolute atomic E-state index is 13.5. The number of nitrogens with two attached hydrogens (primary N) is 1. The van der Waals surface area contributed by atoms with Crippen LogP contribution in [0.25, 0.3) is 0 Å². The quantitative estimate of drug-likeness (QED) is 0.492. The fraction of sp³-hybridized carbons (Fsp3) is 0.417. The third-order valence-electron chi connectivity index (χ3n) is 7.08. The summed E-state index contributed by atoms with van der Waals surface area (Å²) in [6.45, 7) is -0.338. The van der Waals surface area contributed by atoms with Crippen molar-refractivity contribution >= 4 is 29.3 Å². The van der Waals surface area contributed by atoms with E-state index in [2.05, 4.69) is 15.6 Å². The Balaban J connectivity index is 1.25. The predicted octanol–water partition coefficient (Wildman–Crippen LogP) is 2.87. The highest BCUT2D eigenvalue weighted by molar-refractivity contribution is 6.30.